The van der Waals surface area contributed by atoms with Gasteiger partial charge < -0.3 is 10.3 Å². The lowest BCUT2D eigenvalue weighted by molar-refractivity contribution is 0.940. The van der Waals surface area contributed by atoms with E-state index in [0.29, 0.717) is 22.0 Å². The highest BCUT2D eigenvalue weighted by molar-refractivity contribution is 6.33. The van der Waals surface area contributed by atoms with Gasteiger partial charge in [-0.3, -0.25) is 0 Å². The number of nitrogens with zero attached hydrogens (tertiary/aromatic N) is 4. The molecule has 0 radical (unpaired) electrons. The Labute approximate surface area is 119 Å². The lowest BCUT2D eigenvalue weighted by Gasteiger charge is -2.02. The summed E-state index contributed by atoms with van der Waals surface area (Å²) in [7, 11) is 1.84. The smallest absolute Gasteiger partial charge is 0.223 e. The number of nitrogen functional groups attached to an aromatic ring is 1. The van der Waals surface area contributed by atoms with Crippen LogP contribution in [0.1, 0.15) is 0 Å². The maximum absolute atomic E-state index is 6.03. The third kappa shape index (κ3) is 2.01. The molecule has 96 valence electrons. The summed E-state index contributed by atoms with van der Waals surface area (Å²) in [6.45, 7) is 0. The van der Waals surface area contributed by atoms with Crippen molar-refractivity contribution in [1.82, 2.24) is 19.5 Å². The molecule has 0 aliphatic rings. The monoisotopic (exact) mass is 293 g/mol. The number of imidazole rings is 1. The van der Waals surface area contributed by atoms with Crippen LogP contribution in [0.3, 0.4) is 0 Å². The lowest BCUT2D eigenvalue weighted by Crippen LogP contribution is -1.98. The molecule has 0 aliphatic heterocycles. The van der Waals surface area contributed by atoms with Gasteiger partial charge in [0.2, 0.25) is 5.95 Å². The minimum absolute atomic E-state index is 0.123. The van der Waals surface area contributed by atoms with Crippen molar-refractivity contribution in [2.45, 2.75) is 0 Å². The fourth-order valence-electron chi connectivity index (χ4n) is 1.93. The maximum atomic E-state index is 6.03. The molecule has 1 aromatic carbocycles. The summed E-state index contributed by atoms with van der Waals surface area (Å²) in [5, 5.41) is 0.882. The zero-order valence-corrected chi connectivity index (χ0v) is 11.4. The van der Waals surface area contributed by atoms with E-state index in [1.807, 2.05) is 29.8 Å². The molecule has 19 heavy (non-hydrogen) atoms. The molecule has 0 amide bonds. The molecular weight excluding hydrogens is 285 g/mol. The van der Waals surface area contributed by atoms with Gasteiger partial charge in [0.1, 0.15) is 11.3 Å². The first-order valence-electron chi connectivity index (χ1n) is 5.47. The molecule has 3 rings (SSSR count). The summed E-state index contributed by atoms with van der Waals surface area (Å²) >= 11 is 12.0. The van der Waals surface area contributed by atoms with Gasteiger partial charge in [-0.2, -0.15) is 9.97 Å². The molecule has 2 N–H and O–H groups in total. The largest absolute Gasteiger partial charge is 0.368 e. The molecule has 2 heterocycles. The summed E-state index contributed by atoms with van der Waals surface area (Å²) in [5.41, 5.74) is 7.59. The van der Waals surface area contributed by atoms with Crippen molar-refractivity contribution in [3.63, 3.8) is 0 Å². The quantitative estimate of drug-likeness (QED) is 0.701. The van der Waals surface area contributed by atoms with Gasteiger partial charge in [0, 0.05) is 17.6 Å². The molecule has 0 atom stereocenters. The van der Waals surface area contributed by atoms with Crippen LogP contribution in [-0.4, -0.2) is 19.5 Å². The Balaban J connectivity index is 2.31. The zero-order chi connectivity index (χ0) is 13.6. The standard InChI is InChI=1S/C12H9Cl2N5/c1-19-10(6-3-2-4-7(13)5-6)16-8-9(14)17-12(15)18-11(8)19/h2-5H,1H3,(H2,15,17,18). The molecule has 0 saturated carbocycles. The van der Waals surface area contributed by atoms with Gasteiger partial charge in [0.15, 0.2) is 10.8 Å². The van der Waals surface area contributed by atoms with Crippen molar-refractivity contribution < 1.29 is 0 Å². The van der Waals surface area contributed by atoms with Gasteiger partial charge in [-0.05, 0) is 12.1 Å². The average Bonchev–Trinajstić information content (AvgIpc) is 2.68. The average molecular weight is 294 g/mol. The fourth-order valence-corrected chi connectivity index (χ4v) is 2.33. The van der Waals surface area contributed by atoms with Gasteiger partial charge >= 0.3 is 0 Å². The molecule has 0 unspecified atom stereocenters. The first-order chi connectivity index (χ1) is 9.06. The van der Waals surface area contributed by atoms with Gasteiger partial charge in [-0.15, -0.1) is 0 Å². The van der Waals surface area contributed by atoms with Crippen molar-refractivity contribution in [3.8, 4) is 11.4 Å². The van der Waals surface area contributed by atoms with Crippen molar-refractivity contribution >= 4 is 40.3 Å². The molecule has 2 aromatic heterocycles. The number of fused-ring (bicyclic) bond motifs is 1. The topological polar surface area (TPSA) is 69.6 Å². The van der Waals surface area contributed by atoms with E-state index in [1.54, 1.807) is 6.07 Å². The van der Waals surface area contributed by atoms with Gasteiger partial charge in [-0.1, -0.05) is 35.3 Å². The summed E-state index contributed by atoms with van der Waals surface area (Å²) in [6, 6.07) is 7.41. The van der Waals surface area contributed by atoms with Gasteiger partial charge in [0.25, 0.3) is 0 Å². The Morgan fingerprint density at radius 3 is 2.68 bits per heavy atom. The third-order valence-corrected chi connectivity index (χ3v) is 3.27. The van der Waals surface area contributed by atoms with Crippen LogP contribution in [0.15, 0.2) is 24.3 Å². The summed E-state index contributed by atoms with van der Waals surface area (Å²) in [4.78, 5) is 12.5. The molecule has 7 heteroatoms. The Morgan fingerprint density at radius 2 is 1.95 bits per heavy atom. The molecule has 0 fully saturated rings. The van der Waals surface area contributed by atoms with Crippen LogP contribution in [0.5, 0.6) is 0 Å². The predicted molar refractivity (Wildman–Crippen MR) is 76.2 cm³/mol. The van der Waals surface area contributed by atoms with E-state index in [-0.39, 0.29) is 11.1 Å². The van der Waals surface area contributed by atoms with Crippen LogP contribution in [0.2, 0.25) is 10.2 Å². The molecule has 0 aliphatic carbocycles. The summed E-state index contributed by atoms with van der Waals surface area (Å²) in [5.74, 6) is 0.831. The highest BCUT2D eigenvalue weighted by Gasteiger charge is 2.15. The van der Waals surface area contributed by atoms with E-state index in [2.05, 4.69) is 15.0 Å². The van der Waals surface area contributed by atoms with E-state index in [0.717, 1.165) is 5.56 Å². The molecule has 5 nitrogen and oxygen atoms in total. The molecule has 0 bridgehead atoms. The minimum Gasteiger partial charge on any atom is -0.368 e. The Bertz CT molecular complexity index is 781. The number of halogens is 2. The number of rotatable bonds is 1. The molecular formula is C12H9Cl2N5. The lowest BCUT2D eigenvalue weighted by atomic mass is 10.2. The summed E-state index contributed by atoms with van der Waals surface area (Å²) < 4.78 is 1.81. The normalized spacial score (nSPS) is 11.1. The number of hydrogen-bond acceptors (Lipinski definition) is 4. The predicted octanol–water partition coefficient (Wildman–Crippen LogP) is 2.92. The van der Waals surface area contributed by atoms with Crippen molar-refractivity contribution in [3.05, 3.63) is 34.4 Å². The number of aryl methyl sites for hydroxylation is 1. The number of benzene rings is 1. The van der Waals surface area contributed by atoms with Crippen molar-refractivity contribution in [2.75, 3.05) is 5.73 Å². The maximum Gasteiger partial charge on any atom is 0.223 e. The van der Waals surface area contributed by atoms with E-state index >= 15 is 0 Å². The van der Waals surface area contributed by atoms with Crippen LogP contribution in [0.4, 0.5) is 5.95 Å². The number of anilines is 1. The second-order valence-electron chi connectivity index (χ2n) is 4.05. The Morgan fingerprint density at radius 1 is 1.16 bits per heavy atom. The molecule has 3 aromatic rings. The van der Waals surface area contributed by atoms with Crippen LogP contribution >= 0.6 is 23.2 Å². The third-order valence-electron chi connectivity index (χ3n) is 2.78. The van der Waals surface area contributed by atoms with E-state index in [1.165, 1.54) is 0 Å². The second kappa shape index (κ2) is 4.36. The number of aromatic nitrogens is 4. The van der Waals surface area contributed by atoms with Crippen LogP contribution in [0.25, 0.3) is 22.6 Å². The molecule has 0 saturated heterocycles. The van der Waals surface area contributed by atoms with E-state index < -0.39 is 0 Å². The Kier molecular flexibility index (Phi) is 2.80. The summed E-state index contributed by atoms with van der Waals surface area (Å²) in [6.07, 6.45) is 0. The molecule has 0 spiro atoms. The number of nitrogens with two attached hydrogens (primary N) is 1. The second-order valence-corrected chi connectivity index (χ2v) is 4.84. The zero-order valence-electron chi connectivity index (χ0n) is 9.93. The number of hydrogen-bond donors (Lipinski definition) is 1. The minimum atomic E-state index is 0.123. The van der Waals surface area contributed by atoms with Gasteiger partial charge in [0.05, 0.1) is 0 Å². The first kappa shape index (κ1) is 12.2. The van der Waals surface area contributed by atoms with Crippen molar-refractivity contribution in [2.24, 2.45) is 7.05 Å². The SMILES string of the molecule is Cn1c(-c2cccc(Cl)c2)nc2c(Cl)nc(N)nc21. The fraction of sp³-hybridized carbons (Fsp3) is 0.0833. The van der Waals surface area contributed by atoms with Crippen LogP contribution < -0.4 is 5.73 Å². The van der Waals surface area contributed by atoms with Gasteiger partial charge in [-0.25, -0.2) is 4.98 Å². The highest BCUT2D eigenvalue weighted by Crippen LogP contribution is 2.27. The van der Waals surface area contributed by atoms with Crippen molar-refractivity contribution in [1.29, 1.82) is 0 Å². The van der Waals surface area contributed by atoms with Crippen LogP contribution in [0, 0.1) is 0 Å². The van der Waals surface area contributed by atoms with E-state index in [9.17, 15) is 0 Å². The van der Waals surface area contributed by atoms with Crippen LogP contribution in [-0.2, 0) is 7.05 Å². The Hall–Kier alpha value is -1.85. The highest BCUT2D eigenvalue weighted by atomic mass is 35.5. The van der Waals surface area contributed by atoms with E-state index in [4.69, 9.17) is 28.9 Å². The first-order valence-corrected chi connectivity index (χ1v) is 6.23.